The van der Waals surface area contributed by atoms with Crippen molar-refractivity contribution in [1.82, 2.24) is 0 Å². The third-order valence-corrected chi connectivity index (χ3v) is 6.50. The van der Waals surface area contributed by atoms with E-state index in [4.69, 9.17) is 0 Å². The van der Waals surface area contributed by atoms with E-state index in [1.807, 2.05) is 0 Å². The molecule has 0 nitrogen and oxygen atoms in total. The van der Waals surface area contributed by atoms with Crippen LogP contribution >= 0.6 is 16.8 Å². The van der Waals surface area contributed by atoms with Crippen molar-refractivity contribution < 1.29 is 0 Å². The quantitative estimate of drug-likeness (QED) is 0.501. The first-order valence-corrected chi connectivity index (χ1v) is 6.18. The molecule has 0 amide bonds. The Morgan fingerprint density at radius 3 is 1.58 bits per heavy atom. The third-order valence-electron chi connectivity index (χ3n) is 1.77. The lowest BCUT2D eigenvalue weighted by atomic mass is 9.99. The first kappa shape index (κ1) is 10.7. The van der Waals surface area contributed by atoms with E-state index in [0.717, 1.165) is 0 Å². The Labute approximate surface area is 80.1 Å². The zero-order valence-electron chi connectivity index (χ0n) is 8.89. The van der Waals surface area contributed by atoms with Crippen molar-refractivity contribution in [1.29, 1.82) is 0 Å². The fourth-order valence-corrected chi connectivity index (χ4v) is 3.53. The van der Waals surface area contributed by atoms with Crippen LogP contribution in [0.25, 0.3) is 0 Å². The average molecular weight is 200 g/mol. The van der Waals surface area contributed by atoms with Crippen LogP contribution in [0.1, 0.15) is 41.5 Å². The van der Waals surface area contributed by atoms with E-state index in [0.29, 0.717) is 10.8 Å². The van der Waals surface area contributed by atoms with E-state index < -0.39 is 0 Å². The summed E-state index contributed by atoms with van der Waals surface area (Å²) in [6.07, 6.45) is 0. The highest BCUT2D eigenvalue weighted by Gasteiger charge is 2.24. The van der Waals surface area contributed by atoms with Crippen molar-refractivity contribution in [2.75, 3.05) is 0 Å². The molecule has 1 aliphatic heterocycles. The van der Waals surface area contributed by atoms with Gasteiger partial charge in [-0.1, -0.05) is 47.0 Å². The van der Waals surface area contributed by atoms with Gasteiger partial charge in [-0.05, 0) is 5.41 Å². The number of hydrogen-bond acceptors (Lipinski definition) is 0. The maximum absolute atomic E-state index is 2.31. The third kappa shape index (κ3) is 2.30. The van der Waals surface area contributed by atoms with Crippen molar-refractivity contribution in [2.45, 2.75) is 41.5 Å². The molecule has 0 aromatic carbocycles. The van der Waals surface area contributed by atoms with E-state index in [2.05, 4.69) is 41.5 Å². The molecule has 0 atom stereocenters. The van der Waals surface area contributed by atoms with E-state index in [9.17, 15) is 0 Å². The van der Waals surface area contributed by atoms with Gasteiger partial charge in [0, 0.05) is 0 Å². The van der Waals surface area contributed by atoms with E-state index in [1.54, 1.807) is 10.4 Å². The van der Waals surface area contributed by atoms with Crippen molar-refractivity contribution >= 4 is 21.8 Å². The van der Waals surface area contributed by atoms with Crippen molar-refractivity contribution in [3.8, 4) is 0 Å². The Bertz CT molecular complexity index is 203. The molecule has 0 bridgehead atoms. The molecular formula is C10H18P2-. The predicted molar refractivity (Wildman–Crippen MR) is 61.0 cm³/mol. The minimum atomic E-state index is 0.415. The molecule has 69 valence electrons. The molecule has 0 aliphatic carbocycles. The molecule has 0 aromatic heterocycles. The Balaban J connectivity index is 2.62. The van der Waals surface area contributed by atoms with Gasteiger partial charge in [0.1, 0.15) is 0 Å². The first-order chi connectivity index (χ1) is 5.21. The normalized spacial score (nSPS) is 23.7. The molecule has 1 rings (SSSR count). The summed E-state index contributed by atoms with van der Waals surface area (Å²) in [5.41, 5.74) is 0.829. The minimum Gasteiger partial charge on any atom is -0.490 e. The summed E-state index contributed by atoms with van der Waals surface area (Å²) in [5.74, 6) is 0. The highest BCUT2D eigenvalue weighted by atomic mass is 31.2. The van der Waals surface area contributed by atoms with Crippen LogP contribution in [0.2, 0.25) is 0 Å². The minimum absolute atomic E-state index is 0.415. The van der Waals surface area contributed by atoms with Gasteiger partial charge in [-0.3, -0.25) is 0 Å². The summed E-state index contributed by atoms with van der Waals surface area (Å²) in [7, 11) is 3.04. The van der Waals surface area contributed by atoms with Gasteiger partial charge in [0.2, 0.25) is 0 Å². The van der Waals surface area contributed by atoms with Crippen molar-refractivity contribution in [2.24, 2.45) is 10.8 Å². The lowest BCUT2D eigenvalue weighted by molar-refractivity contribution is 0.511. The molecule has 0 spiro atoms. The van der Waals surface area contributed by atoms with Crippen molar-refractivity contribution in [3.63, 3.8) is 0 Å². The second kappa shape index (κ2) is 3.07. The predicted octanol–water partition coefficient (Wildman–Crippen LogP) is 4.60. The van der Waals surface area contributed by atoms with Gasteiger partial charge < -0.3 is 8.58 Å². The summed E-state index contributed by atoms with van der Waals surface area (Å²) >= 11 is 0. The van der Waals surface area contributed by atoms with Gasteiger partial charge in [-0.25, -0.2) is 0 Å². The van der Waals surface area contributed by atoms with E-state index in [-0.39, 0.29) is 0 Å². The van der Waals surface area contributed by atoms with Crippen LogP contribution < -0.4 is 0 Å². The van der Waals surface area contributed by atoms with Crippen LogP contribution in [-0.2, 0) is 0 Å². The van der Waals surface area contributed by atoms with Gasteiger partial charge in [-0.15, -0.1) is 5.40 Å². The fourth-order valence-electron chi connectivity index (χ4n) is 0.877. The summed E-state index contributed by atoms with van der Waals surface area (Å²) in [6.45, 7) is 13.8. The lowest BCUT2D eigenvalue weighted by Gasteiger charge is -2.53. The van der Waals surface area contributed by atoms with E-state index >= 15 is 0 Å². The highest BCUT2D eigenvalue weighted by molar-refractivity contribution is 7.92. The van der Waals surface area contributed by atoms with E-state index in [1.165, 1.54) is 16.8 Å². The Morgan fingerprint density at radius 2 is 1.33 bits per heavy atom. The molecule has 0 saturated heterocycles. The maximum atomic E-state index is 2.31. The van der Waals surface area contributed by atoms with Crippen LogP contribution in [0, 0.1) is 16.2 Å². The molecular weight excluding hydrogens is 182 g/mol. The molecule has 0 unspecified atom stereocenters. The summed E-state index contributed by atoms with van der Waals surface area (Å²) in [4.78, 5) is 0. The maximum Gasteiger partial charge on any atom is -0.0414 e. The van der Waals surface area contributed by atoms with Gasteiger partial charge in [0.15, 0.2) is 0 Å². The molecule has 12 heavy (non-hydrogen) atoms. The molecule has 0 N–H and O–H groups in total. The fraction of sp³-hybridized carbons (Fsp3) is 0.800. The Morgan fingerprint density at radius 1 is 0.917 bits per heavy atom. The molecule has 1 heterocycles. The number of rotatable bonds is 0. The lowest BCUT2D eigenvalue weighted by Crippen LogP contribution is -2.24. The second-order valence-electron chi connectivity index (χ2n) is 5.37. The molecule has 2 heteroatoms. The van der Waals surface area contributed by atoms with Crippen LogP contribution in [0.15, 0.2) is 0 Å². The number of hydrogen-bond donors (Lipinski definition) is 0. The first-order valence-electron chi connectivity index (χ1n) is 4.39. The Hall–Kier alpha value is 0.600. The summed E-state index contributed by atoms with van der Waals surface area (Å²) < 4.78 is 0. The van der Waals surface area contributed by atoms with Crippen LogP contribution in [0.3, 0.4) is 0 Å². The summed E-state index contributed by atoms with van der Waals surface area (Å²) in [5, 5.41) is 3.35. The highest BCUT2D eigenvalue weighted by Crippen LogP contribution is 2.63. The van der Waals surface area contributed by atoms with Gasteiger partial charge in [0.05, 0.1) is 0 Å². The zero-order chi connectivity index (χ0) is 9.57. The van der Waals surface area contributed by atoms with Gasteiger partial charge in [-0.2, -0.15) is 13.2 Å². The SMILES string of the molecule is CC(C)(C)[C]1P=C(C(C)(C)C)[P-]1. The molecule has 0 aromatic rings. The largest absolute Gasteiger partial charge is 0.490 e. The second-order valence-corrected chi connectivity index (χ2v) is 8.31. The van der Waals surface area contributed by atoms with Crippen LogP contribution in [0.4, 0.5) is 0 Å². The topological polar surface area (TPSA) is 0 Å². The average Bonchev–Trinajstić information content (AvgIpc) is 1.46. The van der Waals surface area contributed by atoms with Gasteiger partial charge >= 0.3 is 0 Å². The molecule has 1 radical (unpaired) electrons. The molecule has 0 saturated carbocycles. The Kier molecular flexibility index (Phi) is 2.73. The van der Waals surface area contributed by atoms with Crippen molar-refractivity contribution in [3.05, 3.63) is 5.40 Å². The van der Waals surface area contributed by atoms with Crippen LogP contribution in [-0.4, -0.2) is 5.03 Å². The van der Waals surface area contributed by atoms with Gasteiger partial charge in [0.25, 0.3) is 0 Å². The standard InChI is InChI=1S/C10H18P2/c1-9(2,3)7-11-8(12-7)10(4,5)6/h1-6H3/q-1. The smallest absolute Gasteiger partial charge is 0.0414 e. The van der Waals surface area contributed by atoms with Crippen LogP contribution in [0.5, 0.6) is 0 Å². The zero-order valence-corrected chi connectivity index (χ0v) is 10.7. The molecule has 1 aliphatic rings. The summed E-state index contributed by atoms with van der Waals surface area (Å²) in [6, 6.07) is 0. The monoisotopic (exact) mass is 200 g/mol. The molecule has 0 fully saturated rings.